The molecule has 5 unspecified atom stereocenters. The third-order valence-electron chi connectivity index (χ3n) is 4.76. The molecule has 1 aromatic rings. The van der Waals surface area contributed by atoms with E-state index in [-0.39, 0.29) is 0 Å². The van der Waals surface area contributed by atoms with Gasteiger partial charge in [-0.05, 0) is 24.6 Å². The number of halogens is 6. The molecule has 2 heterocycles. The molecule has 2 aliphatic rings. The standard InChI is InChI=1S/C16H18F6N4O3/c1-7(8-2-4-9(5-3-8)29-16(20,21)22)26-12-11(13(27)24-14(28)23-12)10(25-26)6-15(17,18)19/h2-5,7,10-12,14,23,25,28H,6H2,1H3,(H,24,27). The van der Waals surface area contributed by atoms with E-state index in [2.05, 4.69) is 20.8 Å². The van der Waals surface area contributed by atoms with Crippen molar-refractivity contribution >= 4 is 5.91 Å². The zero-order valence-corrected chi connectivity index (χ0v) is 14.9. The lowest BCUT2D eigenvalue weighted by Gasteiger charge is -2.37. The van der Waals surface area contributed by atoms with E-state index in [1.165, 1.54) is 17.1 Å². The summed E-state index contributed by atoms with van der Waals surface area (Å²) in [5, 5.41) is 15.8. The van der Waals surface area contributed by atoms with Gasteiger partial charge in [-0.3, -0.25) is 10.1 Å². The van der Waals surface area contributed by atoms with Gasteiger partial charge in [0, 0.05) is 12.1 Å². The molecule has 29 heavy (non-hydrogen) atoms. The Balaban J connectivity index is 1.81. The van der Waals surface area contributed by atoms with Crippen LogP contribution in [0.1, 0.15) is 24.9 Å². The van der Waals surface area contributed by atoms with Crippen LogP contribution in [0.25, 0.3) is 0 Å². The van der Waals surface area contributed by atoms with E-state index in [0.717, 1.165) is 12.1 Å². The molecule has 2 saturated heterocycles. The molecule has 3 rings (SSSR count). The highest BCUT2D eigenvalue weighted by Gasteiger charge is 2.53. The first-order valence-corrected chi connectivity index (χ1v) is 8.55. The molecule has 1 amide bonds. The van der Waals surface area contributed by atoms with Gasteiger partial charge in [-0.25, -0.2) is 10.4 Å². The number of alkyl halides is 6. The van der Waals surface area contributed by atoms with Crippen molar-refractivity contribution in [2.24, 2.45) is 5.92 Å². The number of nitrogens with one attached hydrogen (secondary N) is 3. The van der Waals surface area contributed by atoms with Gasteiger partial charge in [0.1, 0.15) is 5.75 Å². The summed E-state index contributed by atoms with van der Waals surface area (Å²) in [6.07, 6.45) is -13.1. The summed E-state index contributed by atoms with van der Waals surface area (Å²) in [7, 11) is 0. The van der Waals surface area contributed by atoms with Crippen LogP contribution >= 0.6 is 0 Å². The number of carbonyl (C=O) groups is 1. The lowest BCUT2D eigenvalue weighted by atomic mass is 9.93. The van der Waals surface area contributed by atoms with Gasteiger partial charge < -0.3 is 15.2 Å². The highest BCUT2D eigenvalue weighted by atomic mass is 19.4. The second-order valence-corrected chi connectivity index (χ2v) is 6.80. The van der Waals surface area contributed by atoms with E-state index in [9.17, 15) is 36.2 Å². The van der Waals surface area contributed by atoms with Crippen LogP contribution in [0.5, 0.6) is 5.75 Å². The van der Waals surface area contributed by atoms with Gasteiger partial charge in [0.15, 0.2) is 6.35 Å². The lowest BCUT2D eigenvalue weighted by Crippen LogP contribution is -2.64. The van der Waals surface area contributed by atoms with Crippen LogP contribution in [-0.2, 0) is 4.79 Å². The third-order valence-corrected chi connectivity index (χ3v) is 4.76. The molecular formula is C16H18F6N4O3. The van der Waals surface area contributed by atoms with Crippen molar-refractivity contribution in [3.8, 4) is 5.75 Å². The number of hydrogen-bond donors (Lipinski definition) is 4. The number of ether oxygens (including phenoxy) is 1. The van der Waals surface area contributed by atoms with E-state index in [0.29, 0.717) is 5.56 Å². The SMILES string of the molecule is CC(c1ccc(OC(F)(F)F)cc1)N1NC(CC(F)(F)F)C2C(=O)NC(O)NC21. The molecule has 4 N–H and O–H groups in total. The predicted molar refractivity (Wildman–Crippen MR) is 85.5 cm³/mol. The Morgan fingerprint density at radius 3 is 2.34 bits per heavy atom. The second-order valence-electron chi connectivity index (χ2n) is 6.80. The molecule has 0 aromatic heterocycles. The molecule has 0 saturated carbocycles. The third kappa shape index (κ3) is 5.10. The van der Waals surface area contributed by atoms with E-state index < -0.39 is 61.1 Å². The van der Waals surface area contributed by atoms with Crippen molar-refractivity contribution in [2.75, 3.05) is 0 Å². The molecule has 0 bridgehead atoms. The Morgan fingerprint density at radius 2 is 1.79 bits per heavy atom. The molecule has 2 fully saturated rings. The number of aliphatic hydroxyl groups is 1. The first-order valence-electron chi connectivity index (χ1n) is 8.55. The fraction of sp³-hybridized carbons (Fsp3) is 0.562. The normalized spacial score (nSPS) is 29.3. The molecule has 7 nitrogen and oxygen atoms in total. The summed E-state index contributed by atoms with van der Waals surface area (Å²) in [5.74, 6) is -2.33. The Morgan fingerprint density at radius 1 is 1.17 bits per heavy atom. The van der Waals surface area contributed by atoms with Crippen molar-refractivity contribution in [3.05, 3.63) is 29.8 Å². The summed E-state index contributed by atoms with van der Waals surface area (Å²) >= 11 is 0. The quantitative estimate of drug-likeness (QED) is 0.547. The largest absolute Gasteiger partial charge is 0.573 e. The average molecular weight is 428 g/mol. The summed E-state index contributed by atoms with van der Waals surface area (Å²) in [5.41, 5.74) is 3.12. The number of fused-ring (bicyclic) bond motifs is 1. The minimum Gasteiger partial charge on any atom is -0.406 e. The van der Waals surface area contributed by atoms with Crippen LogP contribution in [0.2, 0.25) is 0 Å². The number of amides is 1. The zero-order valence-electron chi connectivity index (χ0n) is 14.9. The Labute approximate surface area is 161 Å². The molecule has 0 aliphatic carbocycles. The first kappa shape index (κ1) is 21.6. The fourth-order valence-electron chi connectivity index (χ4n) is 3.57. The maximum atomic E-state index is 12.9. The van der Waals surface area contributed by atoms with Gasteiger partial charge in [0.2, 0.25) is 5.91 Å². The van der Waals surface area contributed by atoms with Crippen molar-refractivity contribution in [1.82, 2.24) is 21.1 Å². The van der Waals surface area contributed by atoms with E-state index >= 15 is 0 Å². The zero-order chi connectivity index (χ0) is 21.6. The Kier molecular flexibility index (Phi) is 5.69. The Hall–Kier alpha value is -2.09. The molecule has 2 aliphatic heterocycles. The van der Waals surface area contributed by atoms with E-state index in [4.69, 9.17) is 0 Å². The van der Waals surface area contributed by atoms with Crippen molar-refractivity contribution in [2.45, 2.75) is 50.5 Å². The maximum absolute atomic E-state index is 12.9. The van der Waals surface area contributed by atoms with Gasteiger partial charge in [-0.1, -0.05) is 12.1 Å². The highest BCUT2D eigenvalue weighted by Crippen LogP contribution is 2.36. The number of aliphatic hydroxyl groups excluding tert-OH is 1. The number of carbonyl (C=O) groups excluding carboxylic acids is 1. The molecule has 162 valence electrons. The van der Waals surface area contributed by atoms with Gasteiger partial charge >= 0.3 is 12.5 Å². The van der Waals surface area contributed by atoms with Gasteiger partial charge in [0.05, 0.1) is 18.5 Å². The van der Waals surface area contributed by atoms with Crippen LogP contribution in [0.3, 0.4) is 0 Å². The van der Waals surface area contributed by atoms with E-state index in [1.54, 1.807) is 6.92 Å². The summed E-state index contributed by atoms with van der Waals surface area (Å²) in [4.78, 5) is 12.2. The highest BCUT2D eigenvalue weighted by molar-refractivity contribution is 5.81. The van der Waals surface area contributed by atoms with Crippen LogP contribution in [-0.4, -0.2) is 47.1 Å². The Bertz CT molecular complexity index is 742. The molecule has 5 atom stereocenters. The number of benzene rings is 1. The molecular weight excluding hydrogens is 410 g/mol. The predicted octanol–water partition coefficient (Wildman–Crippen LogP) is 1.72. The van der Waals surface area contributed by atoms with Gasteiger partial charge in [-0.15, -0.1) is 13.2 Å². The van der Waals surface area contributed by atoms with Crippen LogP contribution < -0.4 is 20.8 Å². The van der Waals surface area contributed by atoms with Crippen LogP contribution in [0.4, 0.5) is 26.3 Å². The summed E-state index contributed by atoms with van der Waals surface area (Å²) in [6, 6.07) is 2.89. The fourth-order valence-corrected chi connectivity index (χ4v) is 3.57. The van der Waals surface area contributed by atoms with Crippen molar-refractivity contribution < 1.29 is 41.0 Å². The number of hydrazine groups is 1. The smallest absolute Gasteiger partial charge is 0.406 e. The summed E-state index contributed by atoms with van der Waals surface area (Å²) in [6.45, 7) is 1.60. The topological polar surface area (TPSA) is 85.9 Å². The molecule has 13 heteroatoms. The lowest BCUT2D eigenvalue weighted by molar-refractivity contribution is -0.274. The minimum absolute atomic E-state index is 0.443. The average Bonchev–Trinajstić information content (AvgIpc) is 2.90. The number of hydrogen-bond acceptors (Lipinski definition) is 6. The van der Waals surface area contributed by atoms with Crippen molar-refractivity contribution in [1.29, 1.82) is 0 Å². The van der Waals surface area contributed by atoms with Crippen LogP contribution in [0, 0.1) is 5.92 Å². The van der Waals surface area contributed by atoms with Crippen LogP contribution in [0.15, 0.2) is 24.3 Å². The van der Waals surface area contributed by atoms with Crippen molar-refractivity contribution in [3.63, 3.8) is 0 Å². The molecule has 1 aromatic carbocycles. The van der Waals surface area contributed by atoms with Gasteiger partial charge in [0.25, 0.3) is 0 Å². The van der Waals surface area contributed by atoms with E-state index in [1.807, 2.05) is 0 Å². The number of nitrogens with zero attached hydrogens (tertiary/aromatic N) is 1. The van der Waals surface area contributed by atoms with Gasteiger partial charge in [-0.2, -0.15) is 13.2 Å². The summed E-state index contributed by atoms with van der Waals surface area (Å²) < 4.78 is 79.4. The first-order chi connectivity index (χ1) is 13.3. The monoisotopic (exact) mass is 428 g/mol. The second kappa shape index (κ2) is 7.63. The molecule has 0 spiro atoms. The molecule has 0 radical (unpaired) electrons. The maximum Gasteiger partial charge on any atom is 0.573 e. The minimum atomic E-state index is -4.85. The number of rotatable bonds is 4.